The zero-order valence-corrected chi connectivity index (χ0v) is 16.4. The van der Waals surface area contributed by atoms with Crippen LogP contribution in [0.1, 0.15) is 51.4 Å². The van der Waals surface area contributed by atoms with Crippen LogP contribution in [0.3, 0.4) is 0 Å². The quantitative estimate of drug-likeness (QED) is 0.791. The van der Waals surface area contributed by atoms with Crippen molar-refractivity contribution in [3.05, 3.63) is 30.1 Å². The molecule has 1 aromatic rings. The third-order valence-corrected chi connectivity index (χ3v) is 8.63. The Labute approximate surface area is 160 Å². The molecule has 148 valence electrons. The van der Waals surface area contributed by atoms with Crippen LogP contribution in [0.2, 0.25) is 0 Å². The monoisotopic (exact) mass is 394 g/mol. The summed E-state index contributed by atoms with van der Waals surface area (Å²) in [4.78, 5) is 14.3. The summed E-state index contributed by atoms with van der Waals surface area (Å²) in [6.45, 7) is 1.54. The molecule has 0 radical (unpaired) electrons. The summed E-state index contributed by atoms with van der Waals surface area (Å²) in [5.74, 6) is -0.442. The van der Waals surface area contributed by atoms with E-state index in [0.29, 0.717) is 25.6 Å². The fourth-order valence-electron chi connectivity index (χ4n) is 4.99. The fraction of sp³-hybridized carbons (Fsp3) is 0.650. The number of carbonyl (C=O) groups is 1. The van der Waals surface area contributed by atoms with Crippen LogP contribution in [0, 0.1) is 11.2 Å². The van der Waals surface area contributed by atoms with E-state index in [9.17, 15) is 17.6 Å². The number of amides is 1. The number of hydrogen-bond acceptors (Lipinski definition) is 3. The second-order valence-corrected chi connectivity index (χ2v) is 10.2. The van der Waals surface area contributed by atoms with Crippen LogP contribution >= 0.6 is 0 Å². The predicted molar refractivity (Wildman–Crippen MR) is 100 cm³/mol. The van der Waals surface area contributed by atoms with Gasteiger partial charge in [0.15, 0.2) is 0 Å². The van der Waals surface area contributed by atoms with E-state index < -0.39 is 15.8 Å². The molecule has 5 nitrogen and oxygen atoms in total. The van der Waals surface area contributed by atoms with Gasteiger partial charge in [-0.15, -0.1) is 0 Å². The topological polar surface area (TPSA) is 57.7 Å². The highest BCUT2D eigenvalue weighted by molar-refractivity contribution is 7.89. The minimum atomic E-state index is -3.81. The maximum absolute atomic E-state index is 14.0. The molecular formula is C20H27FN2O3S. The average Bonchev–Trinajstić information content (AvgIpc) is 3.19. The number of hydrogen-bond donors (Lipinski definition) is 0. The van der Waals surface area contributed by atoms with Crippen LogP contribution in [0.5, 0.6) is 0 Å². The molecule has 4 rings (SSSR count). The van der Waals surface area contributed by atoms with Crippen molar-refractivity contribution in [1.82, 2.24) is 9.21 Å². The van der Waals surface area contributed by atoms with Crippen LogP contribution in [-0.4, -0.2) is 49.2 Å². The summed E-state index contributed by atoms with van der Waals surface area (Å²) in [7, 11) is -3.81. The SMILES string of the molecule is O=C1CCC2(CCN(S(=O)(=O)c3ccccc3F)CC2)CN1C1CCCC1. The van der Waals surface area contributed by atoms with Gasteiger partial charge in [0.2, 0.25) is 15.9 Å². The second kappa shape index (κ2) is 7.17. The lowest BCUT2D eigenvalue weighted by Crippen LogP contribution is -2.54. The summed E-state index contributed by atoms with van der Waals surface area (Å²) < 4.78 is 41.1. The third kappa shape index (κ3) is 3.51. The molecule has 0 N–H and O–H groups in total. The lowest BCUT2D eigenvalue weighted by atomic mass is 9.72. The van der Waals surface area contributed by atoms with Gasteiger partial charge in [0.05, 0.1) is 0 Å². The van der Waals surface area contributed by atoms with Gasteiger partial charge in [0, 0.05) is 32.1 Å². The summed E-state index contributed by atoms with van der Waals surface area (Å²) in [5.41, 5.74) is 0.0117. The van der Waals surface area contributed by atoms with E-state index in [1.807, 2.05) is 0 Å². The predicted octanol–water partition coefficient (Wildman–Crippen LogP) is 3.16. The van der Waals surface area contributed by atoms with Gasteiger partial charge in [0.25, 0.3) is 0 Å². The number of rotatable bonds is 3. The maximum Gasteiger partial charge on any atom is 0.245 e. The van der Waals surface area contributed by atoms with E-state index in [1.54, 1.807) is 6.07 Å². The Balaban J connectivity index is 1.47. The lowest BCUT2D eigenvalue weighted by molar-refractivity contribution is -0.141. The maximum atomic E-state index is 14.0. The summed E-state index contributed by atoms with van der Waals surface area (Å²) in [6.07, 6.45) is 7.44. The first-order valence-corrected chi connectivity index (χ1v) is 11.4. The van der Waals surface area contributed by atoms with E-state index in [-0.39, 0.29) is 16.2 Å². The van der Waals surface area contributed by atoms with Crippen LogP contribution in [0.4, 0.5) is 4.39 Å². The second-order valence-electron chi connectivity index (χ2n) is 8.29. The van der Waals surface area contributed by atoms with Crippen LogP contribution in [0.25, 0.3) is 0 Å². The highest BCUT2D eigenvalue weighted by Gasteiger charge is 2.45. The van der Waals surface area contributed by atoms with Gasteiger partial charge >= 0.3 is 0 Å². The molecule has 3 aliphatic rings. The Morgan fingerprint density at radius 2 is 1.70 bits per heavy atom. The molecule has 2 aliphatic heterocycles. The van der Waals surface area contributed by atoms with E-state index >= 15 is 0 Å². The van der Waals surface area contributed by atoms with Gasteiger partial charge in [-0.05, 0) is 49.7 Å². The highest BCUT2D eigenvalue weighted by Crippen LogP contribution is 2.43. The molecule has 1 spiro atoms. The molecule has 1 aromatic carbocycles. The van der Waals surface area contributed by atoms with Gasteiger partial charge in [-0.2, -0.15) is 4.31 Å². The number of halogens is 1. The molecular weight excluding hydrogens is 367 g/mol. The molecule has 27 heavy (non-hydrogen) atoms. The van der Waals surface area contributed by atoms with Crippen molar-refractivity contribution in [1.29, 1.82) is 0 Å². The van der Waals surface area contributed by atoms with Crippen molar-refractivity contribution in [3.63, 3.8) is 0 Å². The van der Waals surface area contributed by atoms with Crippen molar-refractivity contribution >= 4 is 15.9 Å². The first kappa shape index (κ1) is 18.9. The minimum Gasteiger partial charge on any atom is -0.339 e. The Morgan fingerprint density at radius 1 is 1.04 bits per heavy atom. The normalized spacial score (nSPS) is 24.6. The Kier molecular flexibility index (Phi) is 5.01. The van der Waals surface area contributed by atoms with Gasteiger partial charge in [-0.25, -0.2) is 12.8 Å². The van der Waals surface area contributed by atoms with E-state index in [0.717, 1.165) is 38.6 Å². The molecule has 0 unspecified atom stereocenters. The van der Waals surface area contributed by atoms with Gasteiger partial charge in [-0.3, -0.25) is 4.79 Å². The zero-order chi connectivity index (χ0) is 19.1. The molecule has 2 heterocycles. The van der Waals surface area contributed by atoms with Crippen LogP contribution in [0.15, 0.2) is 29.2 Å². The van der Waals surface area contributed by atoms with Crippen molar-refractivity contribution < 1.29 is 17.6 Å². The van der Waals surface area contributed by atoms with Crippen molar-refractivity contribution in [3.8, 4) is 0 Å². The molecule has 0 bridgehead atoms. The average molecular weight is 395 g/mol. The first-order chi connectivity index (χ1) is 12.9. The minimum absolute atomic E-state index is 0.0117. The Bertz CT molecular complexity index is 812. The first-order valence-electron chi connectivity index (χ1n) is 9.96. The van der Waals surface area contributed by atoms with Crippen molar-refractivity contribution in [2.24, 2.45) is 5.41 Å². The van der Waals surface area contributed by atoms with Gasteiger partial charge in [0.1, 0.15) is 10.7 Å². The van der Waals surface area contributed by atoms with E-state index in [4.69, 9.17) is 0 Å². The van der Waals surface area contributed by atoms with Crippen molar-refractivity contribution in [2.45, 2.75) is 62.3 Å². The standard InChI is InChI=1S/C20H27FN2O3S/c21-17-7-3-4-8-18(17)27(25,26)22-13-11-20(12-14-22)10-9-19(24)23(15-20)16-5-1-2-6-16/h3-4,7-8,16H,1-2,5-6,9-15H2. The number of nitrogens with zero attached hydrogens (tertiary/aromatic N) is 2. The highest BCUT2D eigenvalue weighted by atomic mass is 32.2. The van der Waals surface area contributed by atoms with Gasteiger partial charge in [-0.1, -0.05) is 25.0 Å². The summed E-state index contributed by atoms with van der Waals surface area (Å²) in [6, 6.07) is 5.93. The number of carbonyl (C=O) groups excluding carboxylic acids is 1. The summed E-state index contributed by atoms with van der Waals surface area (Å²) >= 11 is 0. The smallest absolute Gasteiger partial charge is 0.245 e. The molecule has 1 saturated carbocycles. The molecule has 3 fully saturated rings. The molecule has 7 heteroatoms. The molecule has 1 aliphatic carbocycles. The number of piperidine rings is 2. The van der Waals surface area contributed by atoms with Crippen molar-refractivity contribution in [2.75, 3.05) is 19.6 Å². The zero-order valence-electron chi connectivity index (χ0n) is 15.6. The van der Waals surface area contributed by atoms with Gasteiger partial charge < -0.3 is 4.90 Å². The Hall–Kier alpha value is -1.47. The number of likely N-dealkylation sites (tertiary alicyclic amines) is 1. The molecule has 1 amide bonds. The van der Waals surface area contributed by atoms with Crippen LogP contribution < -0.4 is 0 Å². The fourth-order valence-corrected chi connectivity index (χ4v) is 6.50. The molecule has 2 saturated heterocycles. The van der Waals surface area contributed by atoms with E-state index in [2.05, 4.69) is 4.90 Å². The third-order valence-electron chi connectivity index (χ3n) is 6.70. The number of benzene rings is 1. The number of sulfonamides is 1. The van der Waals surface area contributed by atoms with E-state index in [1.165, 1.54) is 35.3 Å². The molecule has 0 aromatic heterocycles. The lowest BCUT2D eigenvalue weighted by Gasteiger charge is -2.48. The largest absolute Gasteiger partial charge is 0.339 e. The van der Waals surface area contributed by atoms with Crippen LogP contribution in [-0.2, 0) is 14.8 Å². The summed E-state index contributed by atoms with van der Waals surface area (Å²) in [5, 5.41) is 0. The Morgan fingerprint density at radius 3 is 2.37 bits per heavy atom. The molecule has 0 atom stereocenters.